The van der Waals surface area contributed by atoms with E-state index in [1.807, 2.05) is 0 Å². The molecule has 0 bridgehead atoms. The SMILES string of the molecule is COCCc1noc(C2CCCCN2C(=O)c2c(C)oc3c2C(=O)CCC3)n1. The molecule has 1 saturated heterocycles. The van der Waals surface area contributed by atoms with Crippen LogP contribution in [0.25, 0.3) is 0 Å². The van der Waals surface area contributed by atoms with Gasteiger partial charge >= 0.3 is 0 Å². The average Bonchev–Trinajstić information content (AvgIpc) is 3.30. The Morgan fingerprint density at radius 2 is 2.14 bits per heavy atom. The van der Waals surface area contributed by atoms with Crippen molar-refractivity contribution in [2.75, 3.05) is 20.3 Å². The van der Waals surface area contributed by atoms with E-state index in [0.717, 1.165) is 25.7 Å². The van der Waals surface area contributed by atoms with Gasteiger partial charge in [0.05, 0.1) is 17.7 Å². The Bertz CT molecular complexity index is 885. The number of ether oxygens (including phenoxy) is 1. The number of nitrogens with zero attached hydrogens (tertiary/aromatic N) is 3. The summed E-state index contributed by atoms with van der Waals surface area (Å²) in [7, 11) is 1.62. The Labute approximate surface area is 163 Å². The van der Waals surface area contributed by atoms with Crippen LogP contribution in [0, 0.1) is 6.92 Å². The number of hydrogen-bond donors (Lipinski definition) is 0. The molecule has 1 aliphatic carbocycles. The summed E-state index contributed by atoms with van der Waals surface area (Å²) >= 11 is 0. The molecule has 2 aromatic heterocycles. The Kier molecular flexibility index (Phi) is 5.30. The van der Waals surface area contributed by atoms with E-state index in [2.05, 4.69) is 10.1 Å². The third-order valence-electron chi connectivity index (χ3n) is 5.52. The second kappa shape index (κ2) is 7.87. The van der Waals surface area contributed by atoms with Crippen molar-refractivity contribution < 1.29 is 23.3 Å². The molecule has 0 spiro atoms. The van der Waals surface area contributed by atoms with Crippen molar-refractivity contribution in [2.45, 2.75) is 57.9 Å². The van der Waals surface area contributed by atoms with Gasteiger partial charge in [0.15, 0.2) is 11.6 Å². The summed E-state index contributed by atoms with van der Waals surface area (Å²) in [5.74, 6) is 1.99. The Balaban J connectivity index is 1.63. The Morgan fingerprint density at radius 1 is 1.29 bits per heavy atom. The molecule has 2 aromatic rings. The molecule has 1 fully saturated rings. The van der Waals surface area contributed by atoms with Gasteiger partial charge in [0.1, 0.15) is 17.6 Å². The molecular weight excluding hydrogens is 362 g/mol. The number of carbonyl (C=O) groups excluding carboxylic acids is 2. The third kappa shape index (κ3) is 3.37. The number of fused-ring (bicyclic) bond motifs is 1. The lowest BCUT2D eigenvalue weighted by Crippen LogP contribution is -2.39. The highest BCUT2D eigenvalue weighted by atomic mass is 16.5. The van der Waals surface area contributed by atoms with Crippen LogP contribution in [0.15, 0.2) is 8.94 Å². The number of piperidine rings is 1. The predicted octanol–water partition coefficient (Wildman–Crippen LogP) is 3.05. The first-order valence-electron chi connectivity index (χ1n) is 9.88. The first kappa shape index (κ1) is 18.9. The molecular formula is C20H25N3O5. The molecule has 1 aliphatic heterocycles. The topological polar surface area (TPSA) is 98.7 Å². The van der Waals surface area contributed by atoms with Crippen molar-refractivity contribution in [1.29, 1.82) is 0 Å². The number of methoxy groups -OCH3 is 1. The van der Waals surface area contributed by atoms with Crippen molar-refractivity contribution in [3.05, 3.63) is 34.4 Å². The number of carbonyl (C=O) groups is 2. The van der Waals surface area contributed by atoms with Crippen molar-refractivity contribution >= 4 is 11.7 Å². The summed E-state index contributed by atoms with van der Waals surface area (Å²) in [4.78, 5) is 32.2. The van der Waals surface area contributed by atoms with E-state index in [0.29, 0.717) is 66.8 Å². The maximum atomic E-state index is 13.5. The second-order valence-electron chi connectivity index (χ2n) is 7.41. The van der Waals surface area contributed by atoms with Crippen molar-refractivity contribution in [3.63, 3.8) is 0 Å². The molecule has 1 unspecified atom stereocenters. The zero-order valence-electron chi connectivity index (χ0n) is 16.3. The largest absolute Gasteiger partial charge is 0.465 e. The van der Waals surface area contributed by atoms with Gasteiger partial charge in [-0.1, -0.05) is 5.16 Å². The minimum absolute atomic E-state index is 0.00495. The van der Waals surface area contributed by atoms with Crippen LogP contribution in [0.3, 0.4) is 0 Å². The zero-order chi connectivity index (χ0) is 19.7. The van der Waals surface area contributed by atoms with Crippen molar-refractivity contribution in [3.8, 4) is 0 Å². The Morgan fingerprint density at radius 3 is 2.96 bits per heavy atom. The zero-order valence-corrected chi connectivity index (χ0v) is 16.3. The minimum atomic E-state index is -0.284. The summed E-state index contributed by atoms with van der Waals surface area (Å²) in [6.07, 6.45) is 5.12. The van der Waals surface area contributed by atoms with E-state index >= 15 is 0 Å². The maximum absolute atomic E-state index is 13.5. The predicted molar refractivity (Wildman–Crippen MR) is 98.2 cm³/mol. The Hall–Kier alpha value is -2.48. The van der Waals surface area contributed by atoms with Crippen LogP contribution in [0.4, 0.5) is 0 Å². The molecule has 1 amide bonds. The molecule has 0 N–H and O–H groups in total. The first-order valence-corrected chi connectivity index (χ1v) is 9.88. The highest BCUT2D eigenvalue weighted by molar-refractivity contribution is 6.10. The highest BCUT2D eigenvalue weighted by Gasteiger charge is 2.38. The van der Waals surface area contributed by atoms with Gasteiger partial charge in [0, 0.05) is 32.9 Å². The van der Waals surface area contributed by atoms with Crippen LogP contribution in [-0.4, -0.2) is 47.0 Å². The van der Waals surface area contributed by atoms with Crippen LogP contribution in [0.2, 0.25) is 0 Å². The number of aromatic nitrogens is 2. The minimum Gasteiger partial charge on any atom is -0.465 e. The second-order valence-corrected chi connectivity index (χ2v) is 7.41. The van der Waals surface area contributed by atoms with E-state index in [1.54, 1.807) is 18.9 Å². The molecule has 4 rings (SSSR count). The number of furan rings is 1. The molecule has 2 aliphatic rings. The monoisotopic (exact) mass is 387 g/mol. The first-order chi connectivity index (χ1) is 13.6. The molecule has 0 aromatic carbocycles. The van der Waals surface area contributed by atoms with Gasteiger partial charge < -0.3 is 18.6 Å². The molecule has 0 radical (unpaired) electrons. The average molecular weight is 387 g/mol. The molecule has 150 valence electrons. The lowest BCUT2D eigenvalue weighted by molar-refractivity contribution is 0.0557. The summed E-state index contributed by atoms with van der Waals surface area (Å²) in [6, 6.07) is -0.284. The van der Waals surface area contributed by atoms with Gasteiger partial charge in [-0.15, -0.1) is 0 Å². The number of rotatable bonds is 5. The van der Waals surface area contributed by atoms with Gasteiger partial charge in [-0.25, -0.2) is 0 Å². The normalized spacial score (nSPS) is 19.7. The highest BCUT2D eigenvalue weighted by Crippen LogP contribution is 2.35. The number of amides is 1. The number of hydrogen-bond acceptors (Lipinski definition) is 7. The summed E-state index contributed by atoms with van der Waals surface area (Å²) in [6.45, 7) is 2.86. The van der Waals surface area contributed by atoms with E-state index in [-0.39, 0.29) is 17.7 Å². The summed E-state index contributed by atoms with van der Waals surface area (Å²) in [5.41, 5.74) is 0.884. The molecule has 0 saturated carbocycles. The van der Waals surface area contributed by atoms with Crippen LogP contribution >= 0.6 is 0 Å². The van der Waals surface area contributed by atoms with Gasteiger partial charge in [0.2, 0.25) is 5.89 Å². The number of Topliss-reactive ketones (excluding diaryl/α,β-unsaturated/α-hetero) is 1. The van der Waals surface area contributed by atoms with E-state index in [9.17, 15) is 9.59 Å². The summed E-state index contributed by atoms with van der Waals surface area (Å²) < 4.78 is 16.3. The number of likely N-dealkylation sites (tertiary alicyclic amines) is 1. The molecule has 8 nitrogen and oxygen atoms in total. The number of aryl methyl sites for hydroxylation is 2. The fourth-order valence-corrected chi connectivity index (χ4v) is 4.14. The quantitative estimate of drug-likeness (QED) is 0.777. The van der Waals surface area contributed by atoms with Gasteiger partial charge in [-0.3, -0.25) is 9.59 Å². The van der Waals surface area contributed by atoms with Crippen molar-refractivity contribution in [2.24, 2.45) is 0 Å². The fourth-order valence-electron chi connectivity index (χ4n) is 4.14. The van der Waals surface area contributed by atoms with Gasteiger partial charge in [0.25, 0.3) is 5.91 Å². The maximum Gasteiger partial charge on any atom is 0.258 e. The third-order valence-corrected chi connectivity index (χ3v) is 5.52. The van der Waals surface area contributed by atoms with Crippen LogP contribution in [-0.2, 0) is 17.6 Å². The molecule has 3 heterocycles. The lowest BCUT2D eigenvalue weighted by Gasteiger charge is -2.33. The van der Waals surface area contributed by atoms with Gasteiger partial charge in [-0.2, -0.15) is 4.98 Å². The van der Waals surface area contributed by atoms with Crippen molar-refractivity contribution in [1.82, 2.24) is 15.0 Å². The van der Waals surface area contributed by atoms with Crippen LogP contribution in [0.1, 0.15) is 82.1 Å². The standard InChI is InChI=1S/C20H25N3O5/c1-12-17(18-14(24)7-5-8-15(18)27-12)20(25)23-10-4-3-6-13(23)19-21-16(22-28-19)9-11-26-2/h13H,3-11H2,1-2H3. The molecule has 28 heavy (non-hydrogen) atoms. The van der Waals surface area contributed by atoms with E-state index in [1.165, 1.54) is 0 Å². The molecule has 8 heteroatoms. The smallest absolute Gasteiger partial charge is 0.258 e. The lowest BCUT2D eigenvalue weighted by atomic mass is 9.92. The number of ketones is 1. The summed E-state index contributed by atoms with van der Waals surface area (Å²) in [5, 5.41) is 4.01. The van der Waals surface area contributed by atoms with E-state index in [4.69, 9.17) is 13.7 Å². The van der Waals surface area contributed by atoms with Gasteiger partial charge in [-0.05, 0) is 32.6 Å². The molecule has 1 atom stereocenters. The van der Waals surface area contributed by atoms with Crippen LogP contribution < -0.4 is 0 Å². The van der Waals surface area contributed by atoms with E-state index < -0.39 is 0 Å². The fraction of sp³-hybridized carbons (Fsp3) is 0.600. The van der Waals surface area contributed by atoms with Crippen LogP contribution in [0.5, 0.6) is 0 Å².